The van der Waals surface area contributed by atoms with Crippen molar-refractivity contribution < 1.29 is 13.2 Å². The third-order valence-electron chi connectivity index (χ3n) is 4.03. The number of hydrogen-bond acceptors (Lipinski definition) is 5. The lowest BCUT2D eigenvalue weighted by Crippen LogP contribution is -2.13. The number of aromatic nitrogens is 1. The lowest BCUT2D eigenvalue weighted by molar-refractivity contribution is 0.414. The Bertz CT molecular complexity index is 1030. The topological polar surface area (TPSA) is 80.3 Å². The number of sulfonamides is 1. The molecule has 0 amide bonds. The highest BCUT2D eigenvalue weighted by molar-refractivity contribution is 7.92. The average Bonchev–Trinajstić information content (AvgIpc) is 2.65. The van der Waals surface area contributed by atoms with Crippen molar-refractivity contribution in [3.05, 3.63) is 71.9 Å². The lowest BCUT2D eigenvalue weighted by Gasteiger charge is -2.11. The first-order valence-corrected chi connectivity index (χ1v) is 9.83. The van der Waals surface area contributed by atoms with E-state index >= 15 is 0 Å². The molecule has 0 bridgehead atoms. The van der Waals surface area contributed by atoms with Crippen LogP contribution in [0.4, 0.5) is 17.2 Å². The SMILES string of the molecule is COc1ccc(S(=O)(=O)Nc2ccc(Nc3ccc(C)cc3C)cn2)cc1. The van der Waals surface area contributed by atoms with E-state index in [0.29, 0.717) is 5.75 Å². The molecule has 0 saturated carbocycles. The maximum atomic E-state index is 12.4. The van der Waals surface area contributed by atoms with E-state index in [1.54, 1.807) is 30.5 Å². The van der Waals surface area contributed by atoms with Crippen LogP contribution in [-0.2, 0) is 10.0 Å². The molecule has 1 heterocycles. The molecule has 0 spiro atoms. The number of anilines is 3. The summed E-state index contributed by atoms with van der Waals surface area (Å²) in [6.45, 7) is 4.07. The summed E-state index contributed by atoms with van der Waals surface area (Å²) >= 11 is 0. The molecule has 0 aliphatic carbocycles. The molecule has 140 valence electrons. The maximum Gasteiger partial charge on any atom is 0.263 e. The Morgan fingerprint density at radius 3 is 2.30 bits per heavy atom. The van der Waals surface area contributed by atoms with Crippen molar-refractivity contribution in [1.82, 2.24) is 4.98 Å². The molecule has 1 aromatic heterocycles. The molecule has 7 heteroatoms. The van der Waals surface area contributed by atoms with Gasteiger partial charge in [-0.25, -0.2) is 13.4 Å². The fraction of sp³-hybridized carbons (Fsp3) is 0.150. The van der Waals surface area contributed by atoms with Crippen LogP contribution in [0, 0.1) is 13.8 Å². The van der Waals surface area contributed by atoms with E-state index in [0.717, 1.165) is 16.9 Å². The third-order valence-corrected chi connectivity index (χ3v) is 5.40. The van der Waals surface area contributed by atoms with Crippen LogP contribution in [0.5, 0.6) is 5.75 Å². The summed E-state index contributed by atoms with van der Waals surface area (Å²) in [4.78, 5) is 4.33. The summed E-state index contributed by atoms with van der Waals surface area (Å²) in [5.41, 5.74) is 4.07. The van der Waals surface area contributed by atoms with Gasteiger partial charge < -0.3 is 10.1 Å². The van der Waals surface area contributed by atoms with Gasteiger partial charge in [-0.1, -0.05) is 17.7 Å². The summed E-state index contributed by atoms with van der Waals surface area (Å²) in [6.07, 6.45) is 1.59. The molecule has 6 nitrogen and oxygen atoms in total. The Labute approximate surface area is 159 Å². The second-order valence-corrected chi connectivity index (χ2v) is 7.84. The van der Waals surface area contributed by atoms with Gasteiger partial charge in [-0.2, -0.15) is 0 Å². The van der Waals surface area contributed by atoms with Crippen molar-refractivity contribution in [2.75, 3.05) is 17.1 Å². The molecule has 2 N–H and O–H groups in total. The van der Waals surface area contributed by atoms with Crippen molar-refractivity contribution in [3.63, 3.8) is 0 Å². The number of aryl methyl sites for hydroxylation is 2. The molecule has 27 heavy (non-hydrogen) atoms. The zero-order valence-corrected chi connectivity index (χ0v) is 16.2. The van der Waals surface area contributed by atoms with Gasteiger partial charge in [0.1, 0.15) is 11.6 Å². The molecular formula is C20H21N3O3S. The molecule has 0 aliphatic heterocycles. The molecule has 0 unspecified atom stereocenters. The zero-order valence-electron chi connectivity index (χ0n) is 15.4. The van der Waals surface area contributed by atoms with Gasteiger partial charge in [-0.3, -0.25) is 4.72 Å². The van der Waals surface area contributed by atoms with Crippen molar-refractivity contribution in [3.8, 4) is 5.75 Å². The average molecular weight is 383 g/mol. The number of nitrogens with one attached hydrogen (secondary N) is 2. The highest BCUT2D eigenvalue weighted by Crippen LogP contribution is 2.23. The fourth-order valence-corrected chi connectivity index (χ4v) is 3.60. The van der Waals surface area contributed by atoms with Crippen molar-refractivity contribution >= 4 is 27.2 Å². The predicted octanol–water partition coefficient (Wildman–Crippen LogP) is 4.25. The Morgan fingerprint density at radius 2 is 1.70 bits per heavy atom. The van der Waals surface area contributed by atoms with E-state index in [2.05, 4.69) is 21.1 Å². The summed E-state index contributed by atoms with van der Waals surface area (Å²) in [5.74, 6) is 0.839. The van der Waals surface area contributed by atoms with Crippen LogP contribution in [-0.4, -0.2) is 20.5 Å². The van der Waals surface area contributed by atoms with E-state index in [4.69, 9.17) is 4.74 Å². The number of rotatable bonds is 6. The van der Waals surface area contributed by atoms with E-state index in [1.807, 2.05) is 26.0 Å². The third kappa shape index (κ3) is 4.57. The van der Waals surface area contributed by atoms with Gasteiger partial charge in [0.2, 0.25) is 0 Å². The molecule has 3 rings (SSSR count). The number of benzene rings is 2. The second-order valence-electron chi connectivity index (χ2n) is 6.16. The van der Waals surface area contributed by atoms with Crippen molar-refractivity contribution in [2.24, 2.45) is 0 Å². The first-order chi connectivity index (χ1) is 12.9. The highest BCUT2D eigenvalue weighted by atomic mass is 32.2. The van der Waals surface area contributed by atoms with Crippen LogP contribution in [0.1, 0.15) is 11.1 Å². The van der Waals surface area contributed by atoms with Crippen LogP contribution in [0.2, 0.25) is 0 Å². The van der Waals surface area contributed by atoms with Crippen molar-refractivity contribution in [2.45, 2.75) is 18.7 Å². The number of hydrogen-bond donors (Lipinski definition) is 2. The largest absolute Gasteiger partial charge is 0.497 e. The van der Waals surface area contributed by atoms with Gasteiger partial charge in [-0.05, 0) is 61.9 Å². The van der Waals surface area contributed by atoms with Gasteiger partial charge in [0.25, 0.3) is 10.0 Å². The highest BCUT2D eigenvalue weighted by Gasteiger charge is 2.14. The van der Waals surface area contributed by atoms with E-state index in [9.17, 15) is 8.42 Å². The number of pyridine rings is 1. The molecule has 3 aromatic rings. The molecule has 0 aliphatic rings. The van der Waals surface area contributed by atoms with Gasteiger partial charge in [0, 0.05) is 5.69 Å². The Balaban J connectivity index is 1.72. The fourth-order valence-electron chi connectivity index (χ4n) is 2.59. The maximum absolute atomic E-state index is 12.4. The summed E-state index contributed by atoms with van der Waals surface area (Å²) in [7, 11) is -2.18. The lowest BCUT2D eigenvalue weighted by atomic mass is 10.1. The van der Waals surface area contributed by atoms with E-state index < -0.39 is 10.0 Å². The number of nitrogens with zero attached hydrogens (tertiary/aromatic N) is 1. The van der Waals surface area contributed by atoms with Crippen LogP contribution >= 0.6 is 0 Å². The van der Waals surface area contributed by atoms with Gasteiger partial charge in [0.15, 0.2) is 0 Å². The monoisotopic (exact) mass is 383 g/mol. The second kappa shape index (κ2) is 7.67. The van der Waals surface area contributed by atoms with Crippen LogP contribution in [0.3, 0.4) is 0 Å². The Hall–Kier alpha value is -3.06. The summed E-state index contributed by atoms with van der Waals surface area (Å²) < 4.78 is 32.4. The molecule has 2 aromatic carbocycles. The zero-order chi connectivity index (χ0) is 19.4. The van der Waals surface area contributed by atoms with E-state index in [-0.39, 0.29) is 10.7 Å². The summed E-state index contributed by atoms with van der Waals surface area (Å²) in [6, 6.07) is 15.7. The molecule has 0 atom stereocenters. The Kier molecular flexibility index (Phi) is 5.32. The van der Waals surface area contributed by atoms with Crippen molar-refractivity contribution in [1.29, 1.82) is 0 Å². The number of methoxy groups -OCH3 is 1. The Morgan fingerprint density at radius 1 is 0.963 bits per heavy atom. The molecular weight excluding hydrogens is 362 g/mol. The first kappa shape index (κ1) is 18.7. The standard InChI is InChI=1S/C20H21N3O3S/c1-14-4-10-19(15(2)12-14)22-16-5-11-20(21-13-16)23-27(24,25)18-8-6-17(26-3)7-9-18/h4-13,22H,1-3H3,(H,21,23). The number of ether oxygens (including phenoxy) is 1. The summed E-state index contributed by atoms with van der Waals surface area (Å²) in [5, 5.41) is 3.28. The van der Waals surface area contributed by atoms with Crippen LogP contribution in [0.15, 0.2) is 65.7 Å². The smallest absolute Gasteiger partial charge is 0.263 e. The minimum Gasteiger partial charge on any atom is -0.497 e. The first-order valence-electron chi connectivity index (χ1n) is 8.34. The molecule has 0 radical (unpaired) electrons. The van der Waals surface area contributed by atoms with Crippen LogP contribution in [0.25, 0.3) is 0 Å². The molecule has 0 fully saturated rings. The van der Waals surface area contributed by atoms with Gasteiger partial charge in [-0.15, -0.1) is 0 Å². The minimum atomic E-state index is -3.71. The molecule has 0 saturated heterocycles. The predicted molar refractivity (Wildman–Crippen MR) is 107 cm³/mol. The van der Waals surface area contributed by atoms with Crippen LogP contribution < -0.4 is 14.8 Å². The van der Waals surface area contributed by atoms with Gasteiger partial charge in [0.05, 0.1) is 23.9 Å². The quantitative estimate of drug-likeness (QED) is 0.665. The van der Waals surface area contributed by atoms with E-state index in [1.165, 1.54) is 24.8 Å². The normalized spacial score (nSPS) is 11.1. The minimum absolute atomic E-state index is 0.141. The van der Waals surface area contributed by atoms with Gasteiger partial charge >= 0.3 is 0 Å².